The Kier molecular flexibility index (Phi) is 5.93. The second-order valence-electron chi connectivity index (χ2n) is 6.56. The molecular weight excluding hydrogens is 330 g/mol. The number of carbonyl (C=O) groups is 1. The average molecular weight is 354 g/mol. The first-order valence-corrected chi connectivity index (χ1v) is 9.40. The highest BCUT2D eigenvalue weighted by atomic mass is 35.5. The van der Waals surface area contributed by atoms with Crippen LogP contribution in [0.2, 0.25) is 5.02 Å². The Morgan fingerprint density at radius 3 is 2.68 bits per heavy atom. The number of halogens is 1. The van der Waals surface area contributed by atoms with E-state index >= 15 is 0 Å². The van der Waals surface area contributed by atoms with Gasteiger partial charge in [0.15, 0.2) is 0 Å². The number of nitrogens with one attached hydrogen (secondary N) is 1. The number of benzene rings is 2. The van der Waals surface area contributed by atoms with Gasteiger partial charge in [0.05, 0.1) is 6.04 Å². The van der Waals surface area contributed by atoms with Crippen LogP contribution in [0, 0.1) is 0 Å². The highest BCUT2D eigenvalue weighted by molar-refractivity contribution is 6.32. The Balaban J connectivity index is 1.69. The highest BCUT2D eigenvalue weighted by Gasteiger charge is 2.15. The van der Waals surface area contributed by atoms with E-state index in [2.05, 4.69) is 30.4 Å². The van der Waals surface area contributed by atoms with Gasteiger partial charge in [-0.05, 0) is 66.5 Å². The van der Waals surface area contributed by atoms with Gasteiger partial charge in [-0.3, -0.25) is 4.79 Å². The number of hydrogen-bond acceptors (Lipinski definition) is 1. The van der Waals surface area contributed by atoms with Crippen LogP contribution in [-0.4, -0.2) is 5.91 Å². The topological polar surface area (TPSA) is 29.1 Å². The molecule has 1 aliphatic rings. The first-order chi connectivity index (χ1) is 12.2. The van der Waals surface area contributed by atoms with Gasteiger partial charge in [-0.1, -0.05) is 54.9 Å². The predicted octanol–water partition coefficient (Wildman–Crippen LogP) is 5.50. The van der Waals surface area contributed by atoms with Crippen molar-refractivity contribution < 1.29 is 4.79 Å². The number of carbonyl (C=O) groups excluding carboxylic acids is 1. The van der Waals surface area contributed by atoms with Crippen molar-refractivity contribution in [2.45, 2.75) is 45.1 Å². The summed E-state index contributed by atoms with van der Waals surface area (Å²) in [5, 5.41) is 3.76. The molecule has 1 aliphatic carbocycles. The molecular formula is C22H24ClNO. The van der Waals surface area contributed by atoms with Crippen LogP contribution in [0.15, 0.2) is 48.5 Å². The van der Waals surface area contributed by atoms with Crippen molar-refractivity contribution >= 4 is 23.6 Å². The largest absolute Gasteiger partial charge is 0.346 e. The number of hydrogen-bond donors (Lipinski definition) is 1. The molecule has 0 fully saturated rings. The Morgan fingerprint density at radius 2 is 1.92 bits per heavy atom. The number of rotatable bonds is 5. The molecule has 0 heterocycles. The Morgan fingerprint density at radius 1 is 1.16 bits per heavy atom. The maximum absolute atomic E-state index is 12.3. The summed E-state index contributed by atoms with van der Waals surface area (Å²) in [4.78, 5) is 12.3. The molecule has 0 unspecified atom stereocenters. The fourth-order valence-corrected chi connectivity index (χ4v) is 3.59. The van der Waals surface area contributed by atoms with E-state index in [0.717, 1.165) is 18.4 Å². The molecule has 1 N–H and O–H groups in total. The molecule has 1 amide bonds. The van der Waals surface area contributed by atoms with Gasteiger partial charge < -0.3 is 5.32 Å². The predicted molar refractivity (Wildman–Crippen MR) is 105 cm³/mol. The SMILES string of the molecule is CC[C@H](NC(=O)/C=C/c1ccccc1Cl)c1ccc2c(c1)CCCC2. The monoisotopic (exact) mass is 353 g/mol. The third-order valence-electron chi connectivity index (χ3n) is 4.82. The summed E-state index contributed by atoms with van der Waals surface area (Å²) in [6.07, 6.45) is 9.07. The van der Waals surface area contributed by atoms with Crippen LogP contribution in [0.25, 0.3) is 6.08 Å². The second-order valence-corrected chi connectivity index (χ2v) is 6.97. The molecule has 2 aromatic carbocycles. The number of aryl methyl sites for hydroxylation is 2. The molecule has 0 aromatic heterocycles. The van der Waals surface area contributed by atoms with E-state index in [1.807, 2.05) is 24.3 Å². The molecule has 0 aliphatic heterocycles. The van der Waals surface area contributed by atoms with Gasteiger partial charge in [0.2, 0.25) is 5.91 Å². The van der Waals surface area contributed by atoms with Gasteiger partial charge in [0.1, 0.15) is 0 Å². The molecule has 0 radical (unpaired) electrons. The lowest BCUT2D eigenvalue weighted by Crippen LogP contribution is -2.26. The fourth-order valence-electron chi connectivity index (χ4n) is 3.39. The Bertz CT molecular complexity index is 781. The van der Waals surface area contributed by atoms with Crippen LogP contribution < -0.4 is 5.32 Å². The molecule has 25 heavy (non-hydrogen) atoms. The first kappa shape index (κ1) is 17.8. The van der Waals surface area contributed by atoms with Crippen LogP contribution in [0.5, 0.6) is 0 Å². The zero-order valence-electron chi connectivity index (χ0n) is 14.6. The van der Waals surface area contributed by atoms with Gasteiger partial charge in [-0.25, -0.2) is 0 Å². The van der Waals surface area contributed by atoms with Gasteiger partial charge in [0, 0.05) is 11.1 Å². The summed E-state index contributed by atoms with van der Waals surface area (Å²) >= 11 is 6.12. The quantitative estimate of drug-likeness (QED) is 0.706. The summed E-state index contributed by atoms with van der Waals surface area (Å²) < 4.78 is 0. The summed E-state index contributed by atoms with van der Waals surface area (Å²) in [5.41, 5.74) is 4.96. The lowest BCUT2D eigenvalue weighted by Gasteiger charge is -2.21. The highest BCUT2D eigenvalue weighted by Crippen LogP contribution is 2.26. The minimum atomic E-state index is -0.0931. The standard InChI is InChI=1S/C22H24ClNO/c1-2-21(19-12-11-16-7-3-4-9-18(16)15-19)24-22(25)14-13-17-8-5-6-10-20(17)23/h5-6,8,10-15,21H,2-4,7,9H2,1H3,(H,24,25)/b14-13+/t21-/m0/s1. The zero-order valence-corrected chi connectivity index (χ0v) is 15.4. The molecule has 130 valence electrons. The van der Waals surface area contributed by atoms with Crippen LogP contribution in [-0.2, 0) is 17.6 Å². The van der Waals surface area contributed by atoms with Crippen molar-refractivity contribution in [1.82, 2.24) is 5.32 Å². The zero-order chi connectivity index (χ0) is 17.6. The number of amides is 1. The van der Waals surface area contributed by atoms with Crippen molar-refractivity contribution in [3.05, 3.63) is 75.8 Å². The molecule has 0 spiro atoms. The Hall–Kier alpha value is -2.06. The fraction of sp³-hybridized carbons (Fsp3) is 0.318. The van der Waals surface area contributed by atoms with Gasteiger partial charge in [-0.2, -0.15) is 0 Å². The third kappa shape index (κ3) is 4.52. The summed E-state index contributed by atoms with van der Waals surface area (Å²) in [5.74, 6) is -0.0931. The van der Waals surface area contributed by atoms with Crippen LogP contribution in [0.3, 0.4) is 0 Å². The molecule has 2 nitrogen and oxygen atoms in total. The smallest absolute Gasteiger partial charge is 0.244 e. The minimum Gasteiger partial charge on any atom is -0.346 e. The maximum Gasteiger partial charge on any atom is 0.244 e. The van der Waals surface area contributed by atoms with Crippen molar-refractivity contribution in [2.24, 2.45) is 0 Å². The molecule has 0 saturated carbocycles. The van der Waals surface area contributed by atoms with Crippen molar-refractivity contribution in [2.75, 3.05) is 0 Å². The summed E-state index contributed by atoms with van der Waals surface area (Å²) in [6, 6.07) is 14.2. The lowest BCUT2D eigenvalue weighted by molar-refractivity contribution is -0.117. The van der Waals surface area contributed by atoms with Gasteiger partial charge in [0.25, 0.3) is 0 Å². The molecule has 0 bridgehead atoms. The van der Waals surface area contributed by atoms with E-state index in [0.29, 0.717) is 5.02 Å². The molecule has 2 aromatic rings. The van der Waals surface area contributed by atoms with E-state index in [9.17, 15) is 4.79 Å². The number of fused-ring (bicyclic) bond motifs is 1. The summed E-state index contributed by atoms with van der Waals surface area (Å²) in [6.45, 7) is 2.10. The maximum atomic E-state index is 12.3. The van der Waals surface area contributed by atoms with E-state index in [1.165, 1.54) is 36.0 Å². The lowest BCUT2D eigenvalue weighted by atomic mass is 9.89. The second kappa shape index (κ2) is 8.35. The average Bonchev–Trinajstić information content (AvgIpc) is 2.65. The Labute approximate surface area is 154 Å². The molecule has 3 rings (SSSR count). The van der Waals surface area contributed by atoms with Crippen LogP contribution in [0.4, 0.5) is 0 Å². The van der Waals surface area contributed by atoms with Crippen molar-refractivity contribution in [3.8, 4) is 0 Å². The minimum absolute atomic E-state index is 0.0376. The summed E-state index contributed by atoms with van der Waals surface area (Å²) in [7, 11) is 0. The molecule has 0 saturated heterocycles. The van der Waals surface area contributed by atoms with E-state index < -0.39 is 0 Å². The van der Waals surface area contributed by atoms with Crippen LogP contribution in [0.1, 0.15) is 54.5 Å². The van der Waals surface area contributed by atoms with E-state index in [1.54, 1.807) is 12.2 Å². The van der Waals surface area contributed by atoms with Crippen molar-refractivity contribution in [3.63, 3.8) is 0 Å². The van der Waals surface area contributed by atoms with Gasteiger partial charge >= 0.3 is 0 Å². The molecule has 1 atom stereocenters. The third-order valence-corrected chi connectivity index (χ3v) is 5.16. The van der Waals surface area contributed by atoms with E-state index in [4.69, 9.17) is 11.6 Å². The van der Waals surface area contributed by atoms with E-state index in [-0.39, 0.29) is 11.9 Å². The van der Waals surface area contributed by atoms with Crippen LogP contribution >= 0.6 is 11.6 Å². The van der Waals surface area contributed by atoms with Crippen molar-refractivity contribution in [1.29, 1.82) is 0 Å². The van der Waals surface area contributed by atoms with Gasteiger partial charge in [-0.15, -0.1) is 0 Å². The molecule has 3 heteroatoms. The first-order valence-electron chi connectivity index (χ1n) is 9.02. The normalized spacial score (nSPS) is 15.0.